The van der Waals surface area contributed by atoms with E-state index in [1.807, 2.05) is 48.5 Å². The van der Waals surface area contributed by atoms with E-state index in [9.17, 15) is 0 Å². The van der Waals surface area contributed by atoms with E-state index in [2.05, 4.69) is 34.7 Å². The van der Waals surface area contributed by atoms with Gasteiger partial charge in [0.05, 0.1) is 5.52 Å². The van der Waals surface area contributed by atoms with Gasteiger partial charge in [0.2, 0.25) is 0 Å². The number of para-hydroxylation sites is 1. The Kier molecular flexibility index (Phi) is 4.36. The van der Waals surface area contributed by atoms with E-state index in [1.165, 1.54) is 12.8 Å². The summed E-state index contributed by atoms with van der Waals surface area (Å²) >= 11 is 1.60. The Bertz CT molecular complexity index is 1130. The molecule has 4 aromatic rings. The lowest BCUT2D eigenvalue weighted by molar-refractivity contribution is 0.599. The Labute approximate surface area is 168 Å². The summed E-state index contributed by atoms with van der Waals surface area (Å²) in [6.45, 7) is 4.34. The smallest absolute Gasteiger partial charge is 0.197 e. The molecular formula is C22H21N5S. The molecular weight excluding hydrogens is 366 g/mol. The van der Waals surface area contributed by atoms with Crippen LogP contribution in [0.1, 0.15) is 44.5 Å². The van der Waals surface area contributed by atoms with Gasteiger partial charge in [-0.3, -0.25) is 0 Å². The highest BCUT2D eigenvalue weighted by molar-refractivity contribution is 7.99. The van der Waals surface area contributed by atoms with Crippen molar-refractivity contribution in [1.29, 1.82) is 0 Å². The molecule has 1 aliphatic rings. The van der Waals surface area contributed by atoms with Crippen LogP contribution in [0.25, 0.3) is 22.3 Å². The summed E-state index contributed by atoms with van der Waals surface area (Å²) < 4.78 is 2.31. The minimum Gasteiger partial charge on any atom is -0.302 e. The molecule has 6 heteroatoms. The summed E-state index contributed by atoms with van der Waals surface area (Å²) in [4.78, 5) is 9.70. The lowest BCUT2D eigenvalue weighted by Gasteiger charge is -2.12. The van der Waals surface area contributed by atoms with Crippen molar-refractivity contribution in [2.24, 2.45) is 0 Å². The lowest BCUT2D eigenvalue weighted by Crippen LogP contribution is -2.05. The monoisotopic (exact) mass is 387 g/mol. The first kappa shape index (κ1) is 17.4. The van der Waals surface area contributed by atoms with Gasteiger partial charge in [-0.2, -0.15) is 0 Å². The van der Waals surface area contributed by atoms with Gasteiger partial charge in [0.1, 0.15) is 10.9 Å². The summed E-state index contributed by atoms with van der Waals surface area (Å²) in [5.41, 5.74) is 1.96. The van der Waals surface area contributed by atoms with Crippen molar-refractivity contribution < 1.29 is 0 Å². The number of fused-ring (bicyclic) bond motifs is 1. The second kappa shape index (κ2) is 7.02. The molecule has 2 aromatic heterocycles. The molecule has 1 aliphatic carbocycles. The highest BCUT2D eigenvalue weighted by Gasteiger charge is 2.31. The molecule has 2 aromatic carbocycles. The Balaban J connectivity index is 1.63. The SMILES string of the molecule is CC(C)c1nnc(Sc2nc(-c3ccccc3)nc3ccccc23)n1C1CC1. The van der Waals surface area contributed by atoms with Crippen LogP contribution in [0.5, 0.6) is 0 Å². The first-order chi connectivity index (χ1) is 13.7. The zero-order valence-corrected chi connectivity index (χ0v) is 16.7. The van der Waals surface area contributed by atoms with Crippen LogP contribution in [0.3, 0.4) is 0 Å². The molecule has 0 unspecified atom stereocenters. The third kappa shape index (κ3) is 3.18. The summed E-state index contributed by atoms with van der Waals surface area (Å²) in [6.07, 6.45) is 2.40. The summed E-state index contributed by atoms with van der Waals surface area (Å²) in [7, 11) is 0. The Morgan fingerprint density at radius 3 is 2.43 bits per heavy atom. The summed E-state index contributed by atoms with van der Waals surface area (Å²) in [6, 6.07) is 18.8. The molecule has 0 saturated heterocycles. The van der Waals surface area contributed by atoms with E-state index >= 15 is 0 Å². The van der Waals surface area contributed by atoms with Gasteiger partial charge >= 0.3 is 0 Å². The summed E-state index contributed by atoms with van der Waals surface area (Å²) in [5, 5.41) is 11.9. The predicted molar refractivity (Wildman–Crippen MR) is 111 cm³/mol. The third-order valence-corrected chi connectivity index (χ3v) is 5.87. The van der Waals surface area contributed by atoms with Gasteiger partial charge in [-0.15, -0.1) is 10.2 Å². The molecule has 140 valence electrons. The maximum absolute atomic E-state index is 4.91. The topological polar surface area (TPSA) is 56.5 Å². The lowest BCUT2D eigenvalue weighted by atomic mass is 10.2. The first-order valence-corrected chi connectivity index (χ1v) is 10.5. The number of rotatable bonds is 5. The largest absolute Gasteiger partial charge is 0.302 e. The molecule has 5 rings (SSSR count). The molecule has 1 saturated carbocycles. The predicted octanol–water partition coefficient (Wildman–Crippen LogP) is 5.50. The Morgan fingerprint density at radius 2 is 1.68 bits per heavy atom. The van der Waals surface area contributed by atoms with Crippen LogP contribution in [-0.2, 0) is 0 Å². The van der Waals surface area contributed by atoms with Crippen molar-refractivity contribution in [3.05, 3.63) is 60.4 Å². The van der Waals surface area contributed by atoms with Crippen molar-refractivity contribution in [3.8, 4) is 11.4 Å². The van der Waals surface area contributed by atoms with Gasteiger partial charge in [-0.05, 0) is 30.7 Å². The van der Waals surface area contributed by atoms with Crippen molar-refractivity contribution in [2.75, 3.05) is 0 Å². The van der Waals surface area contributed by atoms with Crippen molar-refractivity contribution in [2.45, 2.75) is 48.8 Å². The maximum Gasteiger partial charge on any atom is 0.197 e. The molecule has 1 fully saturated rings. The van der Waals surface area contributed by atoms with Crippen LogP contribution in [0.4, 0.5) is 0 Å². The molecule has 5 nitrogen and oxygen atoms in total. The van der Waals surface area contributed by atoms with Gasteiger partial charge < -0.3 is 4.57 Å². The van der Waals surface area contributed by atoms with Crippen LogP contribution < -0.4 is 0 Å². The van der Waals surface area contributed by atoms with E-state index in [0.717, 1.165) is 38.3 Å². The van der Waals surface area contributed by atoms with Crippen LogP contribution in [0.15, 0.2) is 64.8 Å². The zero-order valence-electron chi connectivity index (χ0n) is 15.9. The standard InChI is InChI=1S/C22H21N5S/c1-14(2)20-25-26-22(27(20)16-12-13-16)28-21-17-10-6-7-11-18(17)23-19(24-21)15-8-4-3-5-9-15/h3-11,14,16H,12-13H2,1-2H3. The number of hydrogen-bond donors (Lipinski definition) is 0. The zero-order chi connectivity index (χ0) is 19.1. The van der Waals surface area contributed by atoms with Gasteiger partial charge in [0, 0.05) is 22.9 Å². The molecule has 2 heterocycles. The molecule has 0 N–H and O–H groups in total. The molecule has 0 atom stereocenters. The number of aromatic nitrogens is 5. The second-order valence-corrected chi connectivity index (χ2v) is 8.39. The quantitative estimate of drug-likeness (QED) is 0.423. The van der Waals surface area contributed by atoms with E-state index in [0.29, 0.717) is 12.0 Å². The van der Waals surface area contributed by atoms with Crippen molar-refractivity contribution >= 4 is 22.7 Å². The van der Waals surface area contributed by atoms with Gasteiger partial charge in [-0.1, -0.05) is 62.4 Å². The summed E-state index contributed by atoms with van der Waals surface area (Å²) in [5.74, 6) is 2.15. The number of benzene rings is 2. The van der Waals surface area contributed by atoms with E-state index in [1.54, 1.807) is 11.8 Å². The van der Waals surface area contributed by atoms with E-state index in [-0.39, 0.29) is 0 Å². The van der Waals surface area contributed by atoms with Crippen LogP contribution >= 0.6 is 11.8 Å². The highest BCUT2D eigenvalue weighted by atomic mass is 32.2. The molecule has 0 amide bonds. The fourth-order valence-electron chi connectivity index (χ4n) is 3.36. The van der Waals surface area contributed by atoms with Crippen LogP contribution in [0, 0.1) is 0 Å². The molecule has 0 aliphatic heterocycles. The second-order valence-electron chi connectivity index (χ2n) is 7.43. The maximum atomic E-state index is 4.91. The third-order valence-electron chi connectivity index (χ3n) is 4.91. The minimum absolute atomic E-state index is 0.351. The van der Waals surface area contributed by atoms with Gasteiger partial charge in [0.25, 0.3) is 0 Å². The number of hydrogen-bond acceptors (Lipinski definition) is 5. The van der Waals surface area contributed by atoms with E-state index < -0.39 is 0 Å². The fourth-order valence-corrected chi connectivity index (χ4v) is 4.37. The van der Waals surface area contributed by atoms with Crippen LogP contribution in [-0.4, -0.2) is 24.7 Å². The average Bonchev–Trinajstić information content (AvgIpc) is 3.48. The van der Waals surface area contributed by atoms with Crippen molar-refractivity contribution in [1.82, 2.24) is 24.7 Å². The fraction of sp³-hybridized carbons (Fsp3) is 0.273. The normalized spacial score (nSPS) is 14.1. The van der Waals surface area contributed by atoms with Crippen LogP contribution in [0.2, 0.25) is 0 Å². The molecule has 0 radical (unpaired) electrons. The van der Waals surface area contributed by atoms with Crippen molar-refractivity contribution in [3.63, 3.8) is 0 Å². The Hall–Kier alpha value is -2.73. The van der Waals surface area contributed by atoms with Gasteiger partial charge in [-0.25, -0.2) is 9.97 Å². The molecule has 28 heavy (non-hydrogen) atoms. The highest BCUT2D eigenvalue weighted by Crippen LogP contribution is 2.42. The molecule has 0 spiro atoms. The minimum atomic E-state index is 0.351. The first-order valence-electron chi connectivity index (χ1n) is 9.65. The average molecular weight is 388 g/mol. The van der Waals surface area contributed by atoms with E-state index in [4.69, 9.17) is 9.97 Å². The Morgan fingerprint density at radius 1 is 0.929 bits per heavy atom. The number of nitrogens with zero attached hydrogens (tertiary/aromatic N) is 5. The van der Waals surface area contributed by atoms with Gasteiger partial charge in [0.15, 0.2) is 11.0 Å². The molecule has 0 bridgehead atoms.